The summed E-state index contributed by atoms with van der Waals surface area (Å²) in [5.41, 5.74) is -2.40. The van der Waals surface area contributed by atoms with Crippen LogP contribution in [0.2, 0.25) is 0 Å². The van der Waals surface area contributed by atoms with E-state index in [1.165, 1.54) is 11.8 Å². The van der Waals surface area contributed by atoms with Gasteiger partial charge in [0.05, 0.1) is 30.6 Å². The number of carbonyl (C=O) groups is 1. The highest BCUT2D eigenvalue weighted by Gasteiger charge is 2.37. The summed E-state index contributed by atoms with van der Waals surface area (Å²) in [6.07, 6.45) is -8.20. The molecule has 202 valence electrons. The Labute approximate surface area is 203 Å². The Morgan fingerprint density at radius 2 is 1.89 bits per heavy atom. The lowest BCUT2D eigenvalue weighted by Gasteiger charge is -2.30. The fourth-order valence-corrected chi connectivity index (χ4v) is 3.33. The average Bonchev–Trinajstić information content (AvgIpc) is 2.79. The van der Waals surface area contributed by atoms with Gasteiger partial charge in [0.1, 0.15) is 11.7 Å². The van der Waals surface area contributed by atoms with E-state index in [4.69, 9.17) is 4.84 Å². The molecule has 1 aliphatic heterocycles. The fourth-order valence-electron chi connectivity index (χ4n) is 3.33. The van der Waals surface area contributed by atoms with E-state index < -0.39 is 52.8 Å². The summed E-state index contributed by atoms with van der Waals surface area (Å²) in [7, 11) is 0. The van der Waals surface area contributed by atoms with Crippen molar-refractivity contribution in [1.29, 1.82) is 0 Å². The van der Waals surface area contributed by atoms with Gasteiger partial charge in [-0.15, -0.1) is 0 Å². The third kappa shape index (κ3) is 7.37. The number of piperidine rings is 1. The molecular weight excluding hydrogens is 519 g/mol. The van der Waals surface area contributed by atoms with Gasteiger partial charge in [0, 0.05) is 31.1 Å². The van der Waals surface area contributed by atoms with Crippen molar-refractivity contribution in [3.05, 3.63) is 51.7 Å². The Bertz CT molecular complexity index is 1180. The minimum atomic E-state index is -4.93. The van der Waals surface area contributed by atoms with Gasteiger partial charge >= 0.3 is 12.4 Å². The lowest BCUT2D eigenvalue weighted by Crippen LogP contribution is -2.39. The molecule has 3 N–H and O–H groups in total. The molecule has 0 aromatic carbocycles. The average molecular weight is 539 g/mol. The largest absolute Gasteiger partial charge is 0.423 e. The van der Waals surface area contributed by atoms with E-state index in [1.54, 1.807) is 5.10 Å². The van der Waals surface area contributed by atoms with Crippen molar-refractivity contribution in [2.45, 2.75) is 37.9 Å². The van der Waals surface area contributed by atoms with Crippen LogP contribution < -0.4 is 21.3 Å². The van der Waals surface area contributed by atoms with Crippen molar-refractivity contribution in [3.8, 4) is 0 Å². The smallest absolute Gasteiger partial charge is 0.378 e. The summed E-state index contributed by atoms with van der Waals surface area (Å²) >= 11 is 0. The monoisotopic (exact) mass is 539 g/mol. The maximum absolute atomic E-state index is 14.6. The molecule has 17 heteroatoms. The Hall–Kier alpha value is -3.76. The van der Waals surface area contributed by atoms with Gasteiger partial charge < -0.3 is 10.2 Å². The molecule has 10 nitrogen and oxygen atoms in total. The zero-order chi connectivity index (χ0) is 27.4. The van der Waals surface area contributed by atoms with Crippen LogP contribution in [0.4, 0.5) is 42.4 Å². The van der Waals surface area contributed by atoms with Crippen molar-refractivity contribution in [3.63, 3.8) is 0 Å². The van der Waals surface area contributed by atoms with Crippen molar-refractivity contribution in [2.75, 3.05) is 29.9 Å². The van der Waals surface area contributed by atoms with Gasteiger partial charge in [0.15, 0.2) is 0 Å². The number of anilines is 2. The van der Waals surface area contributed by atoms with Gasteiger partial charge in [-0.05, 0) is 18.9 Å². The number of halogens is 7. The number of hydrogen-bond donors (Lipinski definition) is 3. The third-order valence-electron chi connectivity index (χ3n) is 5.07. The molecular formula is C20H20F7N7O3. The molecule has 1 aliphatic rings. The zero-order valence-corrected chi connectivity index (χ0v) is 19.0. The molecule has 3 heterocycles. The summed E-state index contributed by atoms with van der Waals surface area (Å²) in [5, 5.41) is 7.44. The quantitative estimate of drug-likeness (QED) is 0.279. The van der Waals surface area contributed by atoms with E-state index in [0.717, 1.165) is 12.3 Å². The second-order valence-corrected chi connectivity index (χ2v) is 7.96. The zero-order valence-electron chi connectivity index (χ0n) is 19.0. The summed E-state index contributed by atoms with van der Waals surface area (Å²) in [4.78, 5) is 37.1. The highest BCUT2D eigenvalue weighted by Crippen LogP contribution is 2.32. The first-order chi connectivity index (χ1) is 17.3. The number of aromatic amines is 1. The minimum absolute atomic E-state index is 0.0483. The van der Waals surface area contributed by atoms with E-state index in [1.807, 2.05) is 5.48 Å². The molecule has 1 unspecified atom stereocenters. The Kier molecular flexibility index (Phi) is 8.35. The number of hydrogen-bond acceptors (Lipinski definition) is 8. The molecule has 0 aliphatic carbocycles. The molecule has 0 spiro atoms. The lowest BCUT2D eigenvalue weighted by molar-refractivity contribution is -0.139. The van der Waals surface area contributed by atoms with Gasteiger partial charge in [-0.1, -0.05) is 0 Å². The molecule has 3 rings (SSSR count). The minimum Gasteiger partial charge on any atom is -0.378 e. The fraction of sp³-hybridized carbons (Fsp3) is 0.450. The molecule has 1 fully saturated rings. The van der Waals surface area contributed by atoms with Crippen LogP contribution in [-0.2, 0) is 22.0 Å². The Balaban J connectivity index is 1.49. The van der Waals surface area contributed by atoms with Crippen molar-refractivity contribution >= 4 is 17.5 Å². The Morgan fingerprint density at radius 1 is 1.22 bits per heavy atom. The normalized spacial score (nSPS) is 18.5. The molecule has 2 aromatic rings. The summed E-state index contributed by atoms with van der Waals surface area (Å²) < 4.78 is 91.7. The number of alkyl halides is 7. The molecule has 2 aromatic heterocycles. The molecule has 2 atom stereocenters. The topological polar surface area (TPSA) is 125 Å². The van der Waals surface area contributed by atoms with Gasteiger partial charge in [-0.2, -0.15) is 31.4 Å². The number of H-pyrrole nitrogens is 1. The summed E-state index contributed by atoms with van der Waals surface area (Å²) in [5.74, 6) is -0.925. The Morgan fingerprint density at radius 3 is 2.49 bits per heavy atom. The van der Waals surface area contributed by atoms with Crippen LogP contribution in [0.3, 0.4) is 0 Å². The highest BCUT2D eigenvalue weighted by atomic mass is 19.4. The predicted molar refractivity (Wildman–Crippen MR) is 114 cm³/mol. The van der Waals surface area contributed by atoms with E-state index in [2.05, 4.69) is 20.4 Å². The molecule has 37 heavy (non-hydrogen) atoms. The van der Waals surface area contributed by atoms with E-state index >= 15 is 0 Å². The summed E-state index contributed by atoms with van der Waals surface area (Å²) in [6.45, 7) is 0.941. The molecule has 0 bridgehead atoms. The predicted octanol–water partition coefficient (Wildman–Crippen LogP) is 2.62. The SMILES string of the molecule is C[C@@H](CONC(=O)/C=C1\CCN(c2ncc(C(F)(F)F)cn2)CC1F)Nc1cn[nH]c(=O)c1C(F)(F)F. The number of nitrogens with one attached hydrogen (secondary N) is 3. The van der Waals surface area contributed by atoms with Crippen molar-refractivity contribution in [2.24, 2.45) is 0 Å². The first-order valence-corrected chi connectivity index (χ1v) is 10.6. The molecule has 1 amide bonds. The van der Waals surface area contributed by atoms with Crippen LogP contribution in [0.15, 0.2) is 35.0 Å². The van der Waals surface area contributed by atoms with Crippen LogP contribution in [-0.4, -0.2) is 58.0 Å². The summed E-state index contributed by atoms with van der Waals surface area (Å²) in [6, 6.07) is -0.807. The van der Waals surface area contributed by atoms with E-state index in [9.17, 15) is 40.3 Å². The van der Waals surface area contributed by atoms with Crippen molar-refractivity contribution < 1.29 is 40.4 Å². The second-order valence-electron chi connectivity index (χ2n) is 7.96. The first-order valence-electron chi connectivity index (χ1n) is 10.6. The second kappa shape index (κ2) is 11.1. The number of amides is 1. The van der Waals surface area contributed by atoms with Crippen LogP contribution in [0.1, 0.15) is 24.5 Å². The van der Waals surface area contributed by atoms with Crippen LogP contribution >= 0.6 is 0 Å². The van der Waals surface area contributed by atoms with Gasteiger partial charge in [-0.25, -0.2) is 24.9 Å². The van der Waals surface area contributed by atoms with Crippen LogP contribution in [0.25, 0.3) is 0 Å². The lowest BCUT2D eigenvalue weighted by atomic mass is 10.0. The van der Waals surface area contributed by atoms with E-state index in [-0.39, 0.29) is 37.6 Å². The first kappa shape index (κ1) is 27.8. The number of nitrogens with zero attached hydrogens (tertiary/aromatic N) is 4. The maximum atomic E-state index is 14.6. The number of aromatic nitrogens is 4. The van der Waals surface area contributed by atoms with Crippen molar-refractivity contribution in [1.82, 2.24) is 25.6 Å². The molecule has 0 radical (unpaired) electrons. The van der Waals surface area contributed by atoms with Gasteiger partial charge in [0.25, 0.3) is 11.5 Å². The molecule has 1 saturated heterocycles. The number of hydroxylamine groups is 1. The van der Waals surface area contributed by atoms with Crippen LogP contribution in [0, 0.1) is 0 Å². The maximum Gasteiger partial charge on any atom is 0.423 e. The van der Waals surface area contributed by atoms with Crippen LogP contribution in [0.5, 0.6) is 0 Å². The number of carbonyl (C=O) groups excluding carboxylic acids is 1. The number of rotatable bonds is 7. The third-order valence-corrected chi connectivity index (χ3v) is 5.07. The van der Waals surface area contributed by atoms with Gasteiger partial charge in [0.2, 0.25) is 5.95 Å². The highest BCUT2D eigenvalue weighted by molar-refractivity contribution is 5.87. The molecule has 0 saturated carbocycles. The van der Waals surface area contributed by atoms with Gasteiger partial charge in [-0.3, -0.25) is 14.4 Å². The standard InChI is InChI=1S/C20H20F7N7O3/c1-10(31-14-7-30-32-17(36)16(14)20(25,26)27)9-37-33-15(35)4-11-2-3-34(8-13(11)21)18-28-5-12(6-29-18)19(22,23)24/h4-7,10,13H,2-3,8-9H2,1H3,(H,33,35)(H2,31,32,36)/b11-4+/t10-,13?/m0/s1. The van der Waals surface area contributed by atoms with E-state index in [0.29, 0.717) is 12.4 Å².